The number of aromatic hydroxyl groups is 1. The Morgan fingerprint density at radius 3 is 2.83 bits per heavy atom. The Hall–Kier alpha value is -2.80. The van der Waals surface area contributed by atoms with Crippen molar-refractivity contribution in [1.29, 1.82) is 0 Å². The van der Waals surface area contributed by atoms with Gasteiger partial charge in [-0.25, -0.2) is 4.39 Å². The molecule has 0 amide bonds. The molecule has 1 aromatic heterocycles. The molecule has 0 saturated carbocycles. The Bertz CT molecular complexity index is 965. The van der Waals surface area contributed by atoms with Gasteiger partial charge in [0.25, 0.3) is 0 Å². The molecular weight excluding hydrogens is 327 g/mol. The molecular formula is C17H15FN4OS. The van der Waals surface area contributed by atoms with Crippen molar-refractivity contribution >= 4 is 39.6 Å². The number of nitrogens with one attached hydrogen (secondary N) is 2. The number of rotatable bonds is 2. The molecule has 122 valence electrons. The molecule has 5 nitrogen and oxygen atoms in total. The topological polar surface area (TPSA) is 72.8 Å². The van der Waals surface area contributed by atoms with E-state index in [-0.39, 0.29) is 16.7 Å². The first-order chi connectivity index (χ1) is 11.5. The second kappa shape index (κ2) is 6.37. The number of azo groups is 1. The number of aromatic amines is 1. The van der Waals surface area contributed by atoms with E-state index in [0.717, 1.165) is 16.8 Å². The average molecular weight is 342 g/mol. The van der Waals surface area contributed by atoms with E-state index in [2.05, 4.69) is 20.5 Å². The highest BCUT2D eigenvalue weighted by atomic mass is 32.1. The quantitative estimate of drug-likeness (QED) is 0.447. The summed E-state index contributed by atoms with van der Waals surface area (Å²) >= 11 is 5.17. The molecule has 7 heteroatoms. The van der Waals surface area contributed by atoms with E-state index >= 15 is 0 Å². The Morgan fingerprint density at radius 1 is 1.25 bits per heavy atom. The van der Waals surface area contributed by atoms with E-state index in [4.69, 9.17) is 12.2 Å². The van der Waals surface area contributed by atoms with Crippen LogP contribution in [-0.2, 0) is 0 Å². The third-order valence-electron chi connectivity index (χ3n) is 3.80. The molecule has 0 fully saturated rings. The van der Waals surface area contributed by atoms with Crippen LogP contribution in [0.15, 0.2) is 46.6 Å². The van der Waals surface area contributed by atoms with E-state index < -0.39 is 5.82 Å². The summed E-state index contributed by atoms with van der Waals surface area (Å²) in [5.74, 6) is -0.608. The summed E-state index contributed by atoms with van der Waals surface area (Å²) in [5, 5.41) is 21.4. The Labute approximate surface area is 143 Å². The molecule has 3 N–H and O–H groups in total. The zero-order chi connectivity index (χ0) is 17.3. The van der Waals surface area contributed by atoms with Crippen LogP contribution in [-0.4, -0.2) is 15.2 Å². The van der Waals surface area contributed by atoms with Crippen LogP contribution in [0.25, 0.3) is 10.9 Å². The minimum absolute atomic E-state index is 0.147. The maximum Gasteiger partial charge on any atom is 0.218 e. The number of fused-ring (bicyclic) bond motifs is 1. The van der Waals surface area contributed by atoms with Gasteiger partial charge in [-0.05, 0) is 61.5 Å². The minimum atomic E-state index is -0.422. The SMILES string of the molecule is Cc1cccc(NC(=S)N=Nc2c(O)[nH]c3ccc(F)cc23)c1C. The van der Waals surface area contributed by atoms with Crippen LogP contribution in [0.1, 0.15) is 11.1 Å². The number of benzene rings is 2. The molecule has 0 aliphatic heterocycles. The van der Waals surface area contributed by atoms with Crippen molar-refractivity contribution in [3.8, 4) is 5.88 Å². The maximum atomic E-state index is 13.4. The van der Waals surface area contributed by atoms with Crippen LogP contribution in [0.3, 0.4) is 0 Å². The summed E-state index contributed by atoms with van der Waals surface area (Å²) in [4.78, 5) is 2.72. The normalized spacial score (nSPS) is 11.3. The van der Waals surface area contributed by atoms with E-state index in [1.54, 1.807) is 0 Å². The molecule has 3 aromatic rings. The fourth-order valence-electron chi connectivity index (χ4n) is 2.36. The molecule has 0 aliphatic rings. The van der Waals surface area contributed by atoms with Gasteiger partial charge in [0.2, 0.25) is 11.0 Å². The molecule has 3 rings (SSSR count). The second-order valence-electron chi connectivity index (χ2n) is 5.39. The molecule has 0 bridgehead atoms. The first-order valence-corrected chi connectivity index (χ1v) is 7.65. The third kappa shape index (κ3) is 3.11. The van der Waals surface area contributed by atoms with Gasteiger partial charge in [0.1, 0.15) is 5.82 Å². The van der Waals surface area contributed by atoms with Gasteiger partial charge in [-0.1, -0.05) is 12.1 Å². The zero-order valence-electron chi connectivity index (χ0n) is 13.1. The number of aryl methyl sites for hydroxylation is 1. The van der Waals surface area contributed by atoms with Gasteiger partial charge in [0.05, 0.1) is 5.52 Å². The number of H-pyrrole nitrogens is 1. The summed E-state index contributed by atoms with van der Waals surface area (Å²) in [6.45, 7) is 3.98. The van der Waals surface area contributed by atoms with Gasteiger partial charge in [-0.15, -0.1) is 10.2 Å². The lowest BCUT2D eigenvalue weighted by Gasteiger charge is -2.08. The molecule has 1 heterocycles. The fourth-order valence-corrected chi connectivity index (χ4v) is 2.51. The highest BCUT2D eigenvalue weighted by molar-refractivity contribution is 7.80. The lowest BCUT2D eigenvalue weighted by atomic mass is 10.1. The molecule has 0 atom stereocenters. The average Bonchev–Trinajstić information content (AvgIpc) is 2.84. The summed E-state index contributed by atoms with van der Waals surface area (Å²) in [5.41, 5.74) is 3.75. The van der Waals surface area contributed by atoms with Gasteiger partial charge in [-0.3, -0.25) is 0 Å². The van der Waals surface area contributed by atoms with Crippen LogP contribution in [0.4, 0.5) is 15.8 Å². The smallest absolute Gasteiger partial charge is 0.218 e. The molecule has 0 unspecified atom stereocenters. The first kappa shape index (κ1) is 16.1. The van der Waals surface area contributed by atoms with Crippen LogP contribution < -0.4 is 5.32 Å². The summed E-state index contributed by atoms with van der Waals surface area (Å²) < 4.78 is 13.4. The van der Waals surface area contributed by atoms with E-state index in [1.165, 1.54) is 18.2 Å². The Morgan fingerprint density at radius 2 is 2.04 bits per heavy atom. The van der Waals surface area contributed by atoms with Crippen molar-refractivity contribution in [2.24, 2.45) is 10.2 Å². The Kier molecular flexibility index (Phi) is 4.26. The van der Waals surface area contributed by atoms with Crippen molar-refractivity contribution in [2.75, 3.05) is 5.32 Å². The fraction of sp³-hybridized carbons (Fsp3) is 0.118. The minimum Gasteiger partial charge on any atom is -0.493 e. The lowest BCUT2D eigenvalue weighted by molar-refractivity contribution is 0.459. The van der Waals surface area contributed by atoms with Crippen molar-refractivity contribution in [2.45, 2.75) is 13.8 Å². The van der Waals surface area contributed by atoms with Gasteiger partial charge >= 0.3 is 0 Å². The zero-order valence-corrected chi connectivity index (χ0v) is 13.9. The predicted molar refractivity (Wildman–Crippen MR) is 96.6 cm³/mol. The van der Waals surface area contributed by atoms with E-state index in [0.29, 0.717) is 10.9 Å². The highest BCUT2D eigenvalue weighted by Crippen LogP contribution is 2.35. The van der Waals surface area contributed by atoms with Gasteiger partial charge in [-0.2, -0.15) is 0 Å². The number of nitrogens with zero attached hydrogens (tertiary/aromatic N) is 2. The summed E-state index contributed by atoms with van der Waals surface area (Å²) in [6, 6.07) is 9.91. The second-order valence-corrected chi connectivity index (χ2v) is 5.78. The molecule has 2 aromatic carbocycles. The van der Waals surface area contributed by atoms with Crippen molar-refractivity contribution in [3.05, 3.63) is 53.3 Å². The summed E-state index contributed by atoms with van der Waals surface area (Å²) in [7, 11) is 0. The van der Waals surface area contributed by atoms with Gasteiger partial charge < -0.3 is 15.4 Å². The molecule has 0 spiro atoms. The van der Waals surface area contributed by atoms with Crippen molar-refractivity contribution in [1.82, 2.24) is 4.98 Å². The number of aromatic nitrogens is 1. The van der Waals surface area contributed by atoms with Crippen LogP contribution in [0.5, 0.6) is 5.88 Å². The first-order valence-electron chi connectivity index (χ1n) is 7.25. The molecule has 24 heavy (non-hydrogen) atoms. The number of halogens is 1. The van der Waals surface area contributed by atoms with Crippen molar-refractivity contribution < 1.29 is 9.50 Å². The van der Waals surface area contributed by atoms with Gasteiger partial charge in [0.15, 0.2) is 5.69 Å². The van der Waals surface area contributed by atoms with Crippen LogP contribution in [0, 0.1) is 19.7 Å². The number of anilines is 1. The summed E-state index contributed by atoms with van der Waals surface area (Å²) in [6.07, 6.45) is 0. The predicted octanol–water partition coefficient (Wildman–Crippen LogP) is 5.11. The maximum absolute atomic E-state index is 13.4. The molecule has 0 saturated heterocycles. The van der Waals surface area contributed by atoms with Crippen LogP contribution in [0.2, 0.25) is 0 Å². The number of hydrogen-bond acceptors (Lipinski definition) is 3. The third-order valence-corrected chi connectivity index (χ3v) is 3.98. The highest BCUT2D eigenvalue weighted by Gasteiger charge is 2.11. The monoisotopic (exact) mass is 342 g/mol. The molecule has 0 aliphatic carbocycles. The Balaban J connectivity index is 1.85. The van der Waals surface area contributed by atoms with Crippen molar-refractivity contribution in [3.63, 3.8) is 0 Å². The lowest BCUT2D eigenvalue weighted by Crippen LogP contribution is -2.06. The van der Waals surface area contributed by atoms with Crippen LogP contribution >= 0.6 is 12.2 Å². The van der Waals surface area contributed by atoms with Gasteiger partial charge in [0, 0.05) is 11.1 Å². The largest absolute Gasteiger partial charge is 0.493 e. The molecule has 0 radical (unpaired) electrons. The number of thiocarbonyl (C=S) groups is 1. The van der Waals surface area contributed by atoms with E-state index in [9.17, 15) is 9.50 Å². The number of hydrogen-bond donors (Lipinski definition) is 3. The standard InChI is InChI=1S/C17H15FN4OS/c1-9-4-3-5-13(10(9)2)20-17(24)22-21-15-12-8-11(18)6-7-14(12)19-16(15)23/h3-8,19,23H,1-2H3,(H,20,24). The van der Waals surface area contributed by atoms with E-state index in [1.807, 2.05) is 32.0 Å².